The normalized spacial score (nSPS) is 14.4. The van der Waals surface area contributed by atoms with E-state index in [-0.39, 0.29) is 29.3 Å². The van der Waals surface area contributed by atoms with Gasteiger partial charge in [0, 0.05) is 29.9 Å². The molecular formula is C20H20ClF3N4O3. The molecule has 1 N–H and O–H groups in total. The molecule has 1 aliphatic heterocycles. The van der Waals surface area contributed by atoms with Crippen LogP contribution in [-0.4, -0.2) is 39.5 Å². The molecule has 0 fully saturated rings. The Morgan fingerprint density at radius 2 is 2.13 bits per heavy atom. The first-order valence-electron chi connectivity index (χ1n) is 9.54. The van der Waals surface area contributed by atoms with Crippen molar-refractivity contribution in [3.63, 3.8) is 0 Å². The summed E-state index contributed by atoms with van der Waals surface area (Å²) in [6, 6.07) is 2.52. The Bertz CT molecular complexity index is 1000. The van der Waals surface area contributed by atoms with E-state index >= 15 is 0 Å². The molecule has 2 aromatic heterocycles. The fourth-order valence-electron chi connectivity index (χ4n) is 3.20. The largest absolute Gasteiger partial charge is 0.467 e. The van der Waals surface area contributed by atoms with Gasteiger partial charge in [-0.25, -0.2) is 9.97 Å². The van der Waals surface area contributed by atoms with Gasteiger partial charge >= 0.3 is 6.18 Å². The first-order valence-corrected chi connectivity index (χ1v) is 9.92. The lowest BCUT2D eigenvalue weighted by Crippen LogP contribution is -2.27. The second kappa shape index (κ2) is 9.09. The molecule has 1 unspecified atom stereocenters. The van der Waals surface area contributed by atoms with Crippen molar-refractivity contribution >= 4 is 29.2 Å². The first kappa shape index (κ1) is 22.8. The van der Waals surface area contributed by atoms with Gasteiger partial charge in [-0.15, -0.1) is 0 Å². The minimum absolute atomic E-state index is 0.0908. The maximum atomic E-state index is 12.9. The molecule has 31 heavy (non-hydrogen) atoms. The van der Waals surface area contributed by atoms with Crippen LogP contribution in [0.5, 0.6) is 5.88 Å². The van der Waals surface area contributed by atoms with Crippen LogP contribution in [0.15, 0.2) is 24.5 Å². The topological polar surface area (TPSA) is 84.4 Å². The molecule has 7 nitrogen and oxygen atoms in total. The maximum absolute atomic E-state index is 12.9. The molecule has 0 radical (unpaired) electrons. The lowest BCUT2D eigenvalue weighted by molar-refractivity contribution is -0.154. The van der Waals surface area contributed by atoms with Crippen LogP contribution in [0.4, 0.5) is 19.0 Å². The zero-order chi connectivity index (χ0) is 22.8. The van der Waals surface area contributed by atoms with Crippen molar-refractivity contribution in [2.45, 2.75) is 45.5 Å². The van der Waals surface area contributed by atoms with Gasteiger partial charge in [0.1, 0.15) is 10.8 Å². The van der Waals surface area contributed by atoms with E-state index in [2.05, 4.69) is 20.0 Å². The summed E-state index contributed by atoms with van der Waals surface area (Å²) in [5.74, 6) is -0.445. The number of nitrogens with one attached hydrogen (secondary N) is 1. The van der Waals surface area contributed by atoms with Gasteiger partial charge in [0.2, 0.25) is 11.8 Å². The molecule has 0 bridgehead atoms. The number of aromatic nitrogens is 2. The Balaban J connectivity index is 1.78. The van der Waals surface area contributed by atoms with Gasteiger partial charge in [-0.3, -0.25) is 9.59 Å². The molecule has 2 aromatic rings. The number of nitrogens with zero attached hydrogens (tertiary/aromatic N) is 3. The minimum Gasteiger partial charge on any atom is -0.467 e. The highest BCUT2D eigenvalue weighted by atomic mass is 35.5. The molecule has 166 valence electrons. The summed E-state index contributed by atoms with van der Waals surface area (Å²) in [4.78, 5) is 34.5. The number of hydrogen-bond acceptors (Lipinski definition) is 5. The van der Waals surface area contributed by atoms with Gasteiger partial charge in [-0.1, -0.05) is 18.5 Å². The highest BCUT2D eigenvalue weighted by Crippen LogP contribution is 2.35. The monoisotopic (exact) mass is 456 g/mol. The molecule has 2 amide bonds. The van der Waals surface area contributed by atoms with Crippen LogP contribution in [0, 0.1) is 0 Å². The molecular weight excluding hydrogens is 437 g/mol. The van der Waals surface area contributed by atoms with Gasteiger partial charge in [-0.05, 0) is 31.0 Å². The number of pyridine rings is 2. The van der Waals surface area contributed by atoms with Gasteiger partial charge in [0.25, 0.3) is 5.91 Å². The zero-order valence-electron chi connectivity index (χ0n) is 16.8. The number of ether oxygens (including phenoxy) is 1. The predicted molar refractivity (Wildman–Crippen MR) is 107 cm³/mol. The summed E-state index contributed by atoms with van der Waals surface area (Å²) < 4.78 is 41.6. The fourth-order valence-corrected chi connectivity index (χ4v) is 3.43. The van der Waals surface area contributed by atoms with Crippen molar-refractivity contribution < 1.29 is 27.5 Å². The summed E-state index contributed by atoms with van der Waals surface area (Å²) >= 11 is 6.03. The second-order valence-electron chi connectivity index (χ2n) is 7.05. The first-order chi connectivity index (χ1) is 14.6. The third-order valence-corrected chi connectivity index (χ3v) is 5.03. The average molecular weight is 457 g/mol. The Labute approximate surface area is 181 Å². The molecule has 0 saturated heterocycles. The number of carbonyl (C=O) groups is 2. The number of alkyl halides is 3. The van der Waals surface area contributed by atoms with E-state index in [1.807, 2.05) is 6.92 Å². The van der Waals surface area contributed by atoms with E-state index in [0.717, 1.165) is 0 Å². The van der Waals surface area contributed by atoms with Gasteiger partial charge in [0.05, 0.1) is 12.6 Å². The molecule has 0 spiro atoms. The number of hydrogen-bond donors (Lipinski definition) is 1. The SMILES string of the molecule is CCCC(=O)Nc1nccc2c1CN(C(C)c1cnc(OCC(F)(F)F)c(Cl)c1)C2=O. The number of amides is 2. The van der Waals surface area contributed by atoms with E-state index in [9.17, 15) is 22.8 Å². The van der Waals surface area contributed by atoms with Crippen molar-refractivity contribution in [2.75, 3.05) is 11.9 Å². The molecule has 0 saturated carbocycles. The molecule has 1 aliphatic rings. The highest BCUT2D eigenvalue weighted by Gasteiger charge is 2.34. The number of anilines is 1. The van der Waals surface area contributed by atoms with Crippen LogP contribution in [0.3, 0.4) is 0 Å². The number of halogens is 4. The molecule has 0 aromatic carbocycles. The standard InChI is InChI=1S/C20H20ClF3N4O3/c1-3-4-16(29)27-17-14-9-28(19(30)13(14)5-6-25-17)11(2)12-7-15(21)18(26-8-12)31-10-20(22,23)24/h5-8,11H,3-4,9-10H2,1-2H3,(H,25,27,29). The zero-order valence-corrected chi connectivity index (χ0v) is 17.5. The van der Waals surface area contributed by atoms with E-state index in [0.29, 0.717) is 35.3 Å². The quantitative estimate of drug-likeness (QED) is 0.662. The van der Waals surface area contributed by atoms with Crippen LogP contribution in [-0.2, 0) is 11.3 Å². The Hall–Kier alpha value is -2.88. The van der Waals surface area contributed by atoms with Crippen molar-refractivity contribution in [1.82, 2.24) is 14.9 Å². The number of rotatable bonds is 7. The fraction of sp³-hybridized carbons (Fsp3) is 0.400. The highest BCUT2D eigenvalue weighted by molar-refractivity contribution is 6.31. The molecule has 1 atom stereocenters. The van der Waals surface area contributed by atoms with E-state index in [4.69, 9.17) is 11.6 Å². The minimum atomic E-state index is -4.51. The molecule has 11 heteroatoms. The van der Waals surface area contributed by atoms with Crippen molar-refractivity contribution in [1.29, 1.82) is 0 Å². The van der Waals surface area contributed by atoms with Gasteiger partial charge in [0.15, 0.2) is 6.61 Å². The van der Waals surface area contributed by atoms with Gasteiger partial charge in [-0.2, -0.15) is 13.2 Å². The van der Waals surface area contributed by atoms with Gasteiger partial charge < -0.3 is 15.0 Å². The van der Waals surface area contributed by atoms with E-state index in [1.54, 1.807) is 17.9 Å². The van der Waals surface area contributed by atoms with Crippen LogP contribution in [0.2, 0.25) is 5.02 Å². The van der Waals surface area contributed by atoms with Crippen molar-refractivity contribution in [3.05, 3.63) is 46.2 Å². The third kappa shape index (κ3) is 5.25. The van der Waals surface area contributed by atoms with E-state index in [1.165, 1.54) is 18.5 Å². The Morgan fingerprint density at radius 1 is 1.39 bits per heavy atom. The molecule has 3 heterocycles. The van der Waals surface area contributed by atoms with Crippen LogP contribution in [0.1, 0.15) is 54.2 Å². The summed E-state index contributed by atoms with van der Waals surface area (Å²) in [5, 5.41) is 2.64. The van der Waals surface area contributed by atoms with Crippen molar-refractivity contribution in [3.8, 4) is 5.88 Å². The predicted octanol–water partition coefficient (Wildman–Crippen LogP) is 4.53. The molecule has 0 aliphatic carbocycles. The third-order valence-electron chi connectivity index (χ3n) is 4.76. The summed E-state index contributed by atoms with van der Waals surface area (Å²) in [5.41, 5.74) is 1.56. The number of fused-ring (bicyclic) bond motifs is 1. The van der Waals surface area contributed by atoms with E-state index < -0.39 is 18.8 Å². The van der Waals surface area contributed by atoms with Crippen molar-refractivity contribution in [2.24, 2.45) is 0 Å². The maximum Gasteiger partial charge on any atom is 0.422 e. The Kier molecular flexibility index (Phi) is 6.68. The summed E-state index contributed by atoms with van der Waals surface area (Å²) in [7, 11) is 0. The molecule has 3 rings (SSSR count). The summed E-state index contributed by atoms with van der Waals surface area (Å²) in [6.07, 6.45) is -0.715. The average Bonchev–Trinajstić information content (AvgIpc) is 3.04. The second-order valence-corrected chi connectivity index (χ2v) is 7.46. The van der Waals surface area contributed by atoms with Crippen LogP contribution < -0.4 is 10.1 Å². The Morgan fingerprint density at radius 3 is 2.77 bits per heavy atom. The van der Waals surface area contributed by atoms with Crippen LogP contribution >= 0.6 is 11.6 Å². The summed E-state index contributed by atoms with van der Waals surface area (Å²) in [6.45, 7) is 2.33. The number of carbonyl (C=O) groups excluding carboxylic acids is 2. The lowest BCUT2D eigenvalue weighted by atomic mass is 10.1. The smallest absolute Gasteiger partial charge is 0.422 e. The lowest BCUT2D eigenvalue weighted by Gasteiger charge is -2.25. The van der Waals surface area contributed by atoms with Crippen LogP contribution in [0.25, 0.3) is 0 Å².